The van der Waals surface area contributed by atoms with E-state index in [1.54, 1.807) is 24.3 Å². The third kappa shape index (κ3) is 3.59. The normalized spacial score (nSPS) is 17.3. The van der Waals surface area contributed by atoms with E-state index in [1.807, 2.05) is 18.2 Å². The van der Waals surface area contributed by atoms with Gasteiger partial charge in [0.1, 0.15) is 12.4 Å². The zero-order valence-corrected chi connectivity index (χ0v) is 15.9. The van der Waals surface area contributed by atoms with Crippen LogP contribution in [0.15, 0.2) is 42.5 Å². The van der Waals surface area contributed by atoms with Gasteiger partial charge in [0.05, 0.1) is 17.7 Å². The quantitative estimate of drug-likeness (QED) is 0.678. The number of ether oxygens (including phenoxy) is 1. The number of fused-ring (bicyclic) bond motifs is 1. The molecule has 2 aliphatic rings. The summed E-state index contributed by atoms with van der Waals surface area (Å²) in [6.45, 7) is 0.506. The Balaban J connectivity index is 1.44. The van der Waals surface area contributed by atoms with Gasteiger partial charge in [-0.05, 0) is 54.7 Å². The van der Waals surface area contributed by atoms with Crippen LogP contribution in [0.2, 0.25) is 5.02 Å². The van der Waals surface area contributed by atoms with Crippen molar-refractivity contribution in [2.75, 3.05) is 13.2 Å². The molecule has 1 fully saturated rings. The van der Waals surface area contributed by atoms with E-state index in [0.717, 1.165) is 24.2 Å². The predicted molar refractivity (Wildman–Crippen MR) is 105 cm³/mol. The summed E-state index contributed by atoms with van der Waals surface area (Å²) in [6.07, 6.45) is 6.04. The molecule has 0 N–H and O–H groups in total. The van der Waals surface area contributed by atoms with Gasteiger partial charge in [0.15, 0.2) is 0 Å². The first-order valence-electron chi connectivity index (χ1n) is 9.52. The van der Waals surface area contributed by atoms with Crippen molar-refractivity contribution >= 4 is 23.4 Å². The molecule has 0 atom stereocenters. The average molecular weight is 384 g/mol. The molecule has 1 aliphatic carbocycles. The number of nitrogens with zero attached hydrogens (tertiary/aromatic N) is 1. The van der Waals surface area contributed by atoms with Crippen LogP contribution in [0.3, 0.4) is 0 Å². The van der Waals surface area contributed by atoms with E-state index in [2.05, 4.69) is 0 Å². The molecule has 1 aliphatic heterocycles. The van der Waals surface area contributed by atoms with Crippen molar-refractivity contribution in [2.45, 2.75) is 38.0 Å². The van der Waals surface area contributed by atoms with E-state index in [0.29, 0.717) is 22.1 Å². The van der Waals surface area contributed by atoms with E-state index in [9.17, 15) is 9.59 Å². The summed E-state index contributed by atoms with van der Waals surface area (Å²) >= 11 is 6.21. The second-order valence-electron chi connectivity index (χ2n) is 7.17. The van der Waals surface area contributed by atoms with Gasteiger partial charge in [-0.3, -0.25) is 14.5 Å². The third-order valence-corrected chi connectivity index (χ3v) is 5.70. The van der Waals surface area contributed by atoms with Crippen molar-refractivity contribution in [1.82, 2.24) is 4.90 Å². The lowest BCUT2D eigenvalue weighted by Crippen LogP contribution is -2.33. The molecular formula is C22H22ClNO3. The molecule has 0 bridgehead atoms. The Labute approximate surface area is 164 Å². The number of halogens is 1. The van der Waals surface area contributed by atoms with Crippen molar-refractivity contribution in [3.05, 3.63) is 64.2 Å². The summed E-state index contributed by atoms with van der Waals surface area (Å²) in [5.41, 5.74) is 2.08. The van der Waals surface area contributed by atoms with Gasteiger partial charge in [0.25, 0.3) is 11.8 Å². The van der Waals surface area contributed by atoms with Crippen LogP contribution in [0, 0.1) is 0 Å². The van der Waals surface area contributed by atoms with Crippen molar-refractivity contribution in [2.24, 2.45) is 0 Å². The van der Waals surface area contributed by atoms with E-state index in [-0.39, 0.29) is 25.0 Å². The topological polar surface area (TPSA) is 46.6 Å². The van der Waals surface area contributed by atoms with Crippen LogP contribution in [-0.2, 0) is 0 Å². The SMILES string of the molecule is O=C1c2ccccc2C(=O)N1CCOc1ccc(Cl)cc1C1CCCCC1. The highest BCUT2D eigenvalue weighted by Crippen LogP contribution is 2.38. The second-order valence-corrected chi connectivity index (χ2v) is 7.61. The summed E-state index contributed by atoms with van der Waals surface area (Å²) in [7, 11) is 0. The number of amides is 2. The minimum atomic E-state index is -0.247. The van der Waals surface area contributed by atoms with Crippen molar-refractivity contribution < 1.29 is 14.3 Å². The number of carbonyl (C=O) groups is 2. The van der Waals surface area contributed by atoms with Crippen LogP contribution in [-0.4, -0.2) is 29.9 Å². The Hall–Kier alpha value is -2.33. The first kappa shape index (κ1) is 18.1. The fourth-order valence-corrected chi connectivity index (χ4v) is 4.25. The highest BCUT2D eigenvalue weighted by molar-refractivity contribution is 6.30. The van der Waals surface area contributed by atoms with E-state index < -0.39 is 0 Å². The molecule has 2 amide bonds. The van der Waals surface area contributed by atoms with Crippen LogP contribution in [0.25, 0.3) is 0 Å². The smallest absolute Gasteiger partial charge is 0.261 e. The van der Waals surface area contributed by atoms with Crippen LogP contribution in [0.5, 0.6) is 5.75 Å². The fourth-order valence-electron chi connectivity index (χ4n) is 4.07. The van der Waals surface area contributed by atoms with Gasteiger partial charge in [0.2, 0.25) is 0 Å². The average Bonchev–Trinajstić information content (AvgIpc) is 2.95. The zero-order chi connectivity index (χ0) is 18.8. The first-order valence-corrected chi connectivity index (χ1v) is 9.90. The summed E-state index contributed by atoms with van der Waals surface area (Å²) < 4.78 is 6.00. The Morgan fingerprint density at radius 3 is 2.30 bits per heavy atom. The van der Waals surface area contributed by atoms with Gasteiger partial charge >= 0.3 is 0 Å². The van der Waals surface area contributed by atoms with Gasteiger partial charge in [-0.2, -0.15) is 0 Å². The highest BCUT2D eigenvalue weighted by Gasteiger charge is 2.34. The maximum Gasteiger partial charge on any atom is 0.261 e. The van der Waals surface area contributed by atoms with Gasteiger partial charge in [0, 0.05) is 5.02 Å². The largest absolute Gasteiger partial charge is 0.491 e. The molecule has 5 heteroatoms. The van der Waals surface area contributed by atoms with E-state index >= 15 is 0 Å². The number of imide groups is 1. The molecule has 0 radical (unpaired) electrons. The summed E-state index contributed by atoms with van der Waals surface area (Å²) in [5, 5.41) is 0.711. The molecule has 0 aromatic heterocycles. The van der Waals surface area contributed by atoms with Crippen molar-refractivity contribution in [1.29, 1.82) is 0 Å². The van der Waals surface area contributed by atoms with Gasteiger partial charge in [-0.1, -0.05) is 43.0 Å². The molecule has 4 nitrogen and oxygen atoms in total. The molecule has 2 aromatic carbocycles. The molecule has 140 valence electrons. The summed E-state index contributed by atoms with van der Waals surface area (Å²) in [4.78, 5) is 26.1. The number of hydrogen-bond donors (Lipinski definition) is 0. The van der Waals surface area contributed by atoms with Crippen LogP contribution in [0.1, 0.15) is 64.3 Å². The lowest BCUT2D eigenvalue weighted by Gasteiger charge is -2.25. The molecule has 1 heterocycles. The minimum absolute atomic E-state index is 0.235. The Bertz CT molecular complexity index is 839. The van der Waals surface area contributed by atoms with Gasteiger partial charge in [-0.25, -0.2) is 0 Å². The van der Waals surface area contributed by atoms with Crippen molar-refractivity contribution in [3.63, 3.8) is 0 Å². The number of rotatable bonds is 5. The molecular weight excluding hydrogens is 362 g/mol. The first-order chi connectivity index (χ1) is 13.1. The Morgan fingerprint density at radius 2 is 1.63 bits per heavy atom. The summed E-state index contributed by atoms with van der Waals surface area (Å²) in [6, 6.07) is 12.6. The maximum atomic E-state index is 12.4. The Kier molecular flexibility index (Phi) is 5.17. The van der Waals surface area contributed by atoms with Crippen molar-refractivity contribution in [3.8, 4) is 5.75 Å². The van der Waals surface area contributed by atoms with Crippen LogP contribution < -0.4 is 4.74 Å². The van der Waals surface area contributed by atoms with Gasteiger partial charge in [-0.15, -0.1) is 0 Å². The minimum Gasteiger partial charge on any atom is -0.491 e. The molecule has 27 heavy (non-hydrogen) atoms. The lowest BCUT2D eigenvalue weighted by atomic mass is 9.84. The van der Waals surface area contributed by atoms with Gasteiger partial charge < -0.3 is 4.74 Å². The van der Waals surface area contributed by atoms with E-state index in [4.69, 9.17) is 16.3 Å². The summed E-state index contributed by atoms with van der Waals surface area (Å²) in [5.74, 6) is 0.778. The molecule has 4 rings (SSSR count). The second kappa shape index (κ2) is 7.73. The Morgan fingerprint density at radius 1 is 0.963 bits per heavy atom. The molecule has 0 unspecified atom stereocenters. The van der Waals surface area contributed by atoms with Crippen LogP contribution >= 0.6 is 11.6 Å². The number of hydrogen-bond acceptors (Lipinski definition) is 3. The maximum absolute atomic E-state index is 12.4. The molecule has 0 saturated heterocycles. The monoisotopic (exact) mass is 383 g/mol. The molecule has 0 spiro atoms. The number of carbonyl (C=O) groups excluding carboxylic acids is 2. The molecule has 2 aromatic rings. The molecule has 1 saturated carbocycles. The fraction of sp³-hybridized carbons (Fsp3) is 0.364. The third-order valence-electron chi connectivity index (χ3n) is 5.47. The highest BCUT2D eigenvalue weighted by atomic mass is 35.5. The van der Waals surface area contributed by atoms with Crippen LogP contribution in [0.4, 0.5) is 0 Å². The lowest BCUT2D eigenvalue weighted by molar-refractivity contribution is 0.0631. The van der Waals surface area contributed by atoms with E-state index in [1.165, 1.54) is 24.2 Å². The predicted octanol–water partition coefficient (Wildman–Crippen LogP) is 5.06. The zero-order valence-electron chi connectivity index (χ0n) is 15.1. The number of benzene rings is 2. The standard InChI is InChI=1S/C22H22ClNO3/c23-16-10-11-20(19(14-16)15-6-2-1-3-7-15)27-13-12-24-21(25)17-8-4-5-9-18(17)22(24)26/h4-5,8-11,14-15H,1-3,6-7,12-13H2.